The molecule has 0 bridgehead atoms. The van der Waals surface area contributed by atoms with E-state index in [1.165, 1.54) is 29.7 Å². The molecule has 1 fully saturated rings. The first-order chi connectivity index (χ1) is 14.0. The van der Waals surface area contributed by atoms with Crippen molar-refractivity contribution in [3.8, 4) is 5.75 Å². The second-order valence-electron chi connectivity index (χ2n) is 8.14. The Morgan fingerprint density at radius 2 is 1.86 bits per heavy atom. The van der Waals surface area contributed by atoms with Gasteiger partial charge in [0.15, 0.2) is 0 Å². The Bertz CT molecular complexity index is 808. The Morgan fingerprint density at radius 1 is 1.17 bits per heavy atom. The number of hydrogen-bond acceptors (Lipinski definition) is 3. The van der Waals surface area contributed by atoms with Crippen molar-refractivity contribution in [1.29, 1.82) is 0 Å². The molecule has 0 radical (unpaired) electrons. The number of carbonyl (C=O) groups excluding carboxylic acids is 1. The molecule has 156 valence electrons. The Kier molecular flexibility index (Phi) is 7.18. The summed E-state index contributed by atoms with van der Waals surface area (Å²) in [6.07, 6.45) is 3.37. The van der Waals surface area contributed by atoms with E-state index in [2.05, 4.69) is 66.5 Å². The van der Waals surface area contributed by atoms with Gasteiger partial charge in [-0.3, -0.25) is 4.79 Å². The minimum Gasteiger partial charge on any atom is -0.494 e. The topological polar surface area (TPSA) is 41.6 Å². The number of anilines is 1. The van der Waals surface area contributed by atoms with Gasteiger partial charge in [0, 0.05) is 25.7 Å². The fourth-order valence-corrected chi connectivity index (χ4v) is 4.23. The molecule has 1 atom stereocenters. The van der Waals surface area contributed by atoms with Gasteiger partial charge in [0.2, 0.25) is 5.91 Å². The normalized spacial score (nSPS) is 15.8. The van der Waals surface area contributed by atoms with E-state index in [-0.39, 0.29) is 11.9 Å². The standard InChI is InChI=1S/C25H34N2O2/c1-5-16-29-24-10-11-25(18(2)17-24)22-12-14-27(15-13-22)23-8-6-21(7-9-23)19(3)26-20(4)28/h6-11,17,19,22H,5,12-16H2,1-4H3,(H,26,28)/t19-/m0/s1. The fraction of sp³-hybridized carbons (Fsp3) is 0.480. The number of hydrogen-bond donors (Lipinski definition) is 1. The maximum absolute atomic E-state index is 11.3. The first kappa shape index (κ1) is 21.2. The molecule has 0 aliphatic carbocycles. The average Bonchev–Trinajstić information content (AvgIpc) is 2.72. The molecule has 3 rings (SSSR count). The summed E-state index contributed by atoms with van der Waals surface area (Å²) in [4.78, 5) is 13.7. The highest BCUT2D eigenvalue weighted by Crippen LogP contribution is 2.33. The average molecular weight is 395 g/mol. The number of piperidine rings is 1. The predicted octanol–water partition coefficient (Wildman–Crippen LogP) is 5.36. The Labute approximate surface area is 175 Å². The van der Waals surface area contributed by atoms with Crippen LogP contribution in [0.3, 0.4) is 0 Å². The lowest BCUT2D eigenvalue weighted by Gasteiger charge is -2.34. The zero-order chi connectivity index (χ0) is 20.8. The number of ether oxygens (including phenoxy) is 1. The Balaban J connectivity index is 1.58. The number of amides is 1. The van der Waals surface area contributed by atoms with Gasteiger partial charge < -0.3 is 15.0 Å². The lowest BCUT2D eigenvalue weighted by molar-refractivity contribution is -0.119. The maximum atomic E-state index is 11.3. The molecular formula is C25H34N2O2. The number of nitrogens with zero attached hydrogens (tertiary/aromatic N) is 1. The summed E-state index contributed by atoms with van der Waals surface area (Å²) in [6, 6.07) is 15.2. The van der Waals surface area contributed by atoms with E-state index in [1.807, 2.05) is 6.92 Å². The van der Waals surface area contributed by atoms with E-state index < -0.39 is 0 Å². The van der Waals surface area contributed by atoms with Crippen LogP contribution in [-0.2, 0) is 4.79 Å². The van der Waals surface area contributed by atoms with Crippen LogP contribution in [0.15, 0.2) is 42.5 Å². The van der Waals surface area contributed by atoms with Crippen LogP contribution in [0.25, 0.3) is 0 Å². The third-order valence-corrected chi connectivity index (χ3v) is 5.83. The Morgan fingerprint density at radius 3 is 2.45 bits per heavy atom. The minimum absolute atomic E-state index is 0.00361. The summed E-state index contributed by atoms with van der Waals surface area (Å²) in [7, 11) is 0. The van der Waals surface area contributed by atoms with Crippen molar-refractivity contribution in [2.24, 2.45) is 0 Å². The Hall–Kier alpha value is -2.49. The maximum Gasteiger partial charge on any atom is 0.217 e. The molecule has 1 amide bonds. The van der Waals surface area contributed by atoms with Crippen molar-refractivity contribution in [3.05, 3.63) is 59.2 Å². The van der Waals surface area contributed by atoms with Crippen LogP contribution in [0.2, 0.25) is 0 Å². The van der Waals surface area contributed by atoms with Crippen LogP contribution in [0.5, 0.6) is 5.75 Å². The molecule has 0 unspecified atom stereocenters. The van der Waals surface area contributed by atoms with Crippen LogP contribution < -0.4 is 15.0 Å². The summed E-state index contributed by atoms with van der Waals surface area (Å²) in [6.45, 7) is 10.8. The van der Waals surface area contributed by atoms with Gasteiger partial charge in [-0.25, -0.2) is 0 Å². The lowest BCUT2D eigenvalue weighted by Crippen LogP contribution is -2.33. The third kappa shape index (κ3) is 5.53. The molecule has 2 aromatic rings. The van der Waals surface area contributed by atoms with Gasteiger partial charge in [0.25, 0.3) is 0 Å². The molecular weight excluding hydrogens is 360 g/mol. The highest BCUT2D eigenvalue weighted by molar-refractivity contribution is 5.73. The SMILES string of the molecule is CCCOc1ccc(C2CCN(c3ccc([C@H](C)NC(C)=O)cc3)CC2)c(C)c1. The van der Waals surface area contributed by atoms with Crippen molar-refractivity contribution in [1.82, 2.24) is 5.32 Å². The molecule has 1 aliphatic rings. The van der Waals surface area contributed by atoms with Crippen LogP contribution in [0.4, 0.5) is 5.69 Å². The fourth-order valence-electron chi connectivity index (χ4n) is 4.23. The van der Waals surface area contributed by atoms with E-state index in [4.69, 9.17) is 4.74 Å². The number of aryl methyl sites for hydroxylation is 1. The van der Waals surface area contributed by atoms with Gasteiger partial charge in [0.1, 0.15) is 5.75 Å². The minimum atomic E-state index is 0.00361. The molecule has 0 aromatic heterocycles. The van der Waals surface area contributed by atoms with Crippen molar-refractivity contribution in [2.45, 2.75) is 58.9 Å². The second kappa shape index (κ2) is 9.82. The summed E-state index contributed by atoms with van der Waals surface area (Å²) in [5, 5.41) is 2.94. The van der Waals surface area contributed by atoms with E-state index in [1.54, 1.807) is 6.92 Å². The zero-order valence-electron chi connectivity index (χ0n) is 18.2. The van der Waals surface area contributed by atoms with Crippen LogP contribution in [-0.4, -0.2) is 25.6 Å². The number of benzene rings is 2. The summed E-state index contributed by atoms with van der Waals surface area (Å²) < 4.78 is 5.77. The summed E-state index contributed by atoms with van der Waals surface area (Å²) >= 11 is 0. The van der Waals surface area contributed by atoms with Crippen molar-refractivity contribution in [2.75, 3.05) is 24.6 Å². The lowest BCUT2D eigenvalue weighted by atomic mass is 9.86. The molecule has 0 saturated carbocycles. The van der Waals surface area contributed by atoms with E-state index in [0.29, 0.717) is 5.92 Å². The highest BCUT2D eigenvalue weighted by Gasteiger charge is 2.22. The third-order valence-electron chi connectivity index (χ3n) is 5.83. The molecule has 2 aromatic carbocycles. The second-order valence-corrected chi connectivity index (χ2v) is 8.14. The van der Waals surface area contributed by atoms with Gasteiger partial charge in [-0.1, -0.05) is 25.1 Å². The molecule has 0 spiro atoms. The van der Waals surface area contributed by atoms with Gasteiger partial charge >= 0.3 is 0 Å². The van der Waals surface area contributed by atoms with Gasteiger partial charge in [-0.15, -0.1) is 0 Å². The van der Waals surface area contributed by atoms with E-state index >= 15 is 0 Å². The smallest absolute Gasteiger partial charge is 0.217 e. The summed E-state index contributed by atoms with van der Waals surface area (Å²) in [5.74, 6) is 1.61. The van der Waals surface area contributed by atoms with Crippen molar-refractivity contribution in [3.63, 3.8) is 0 Å². The van der Waals surface area contributed by atoms with Gasteiger partial charge in [0.05, 0.1) is 12.6 Å². The number of rotatable bonds is 7. The number of nitrogens with one attached hydrogen (secondary N) is 1. The van der Waals surface area contributed by atoms with E-state index in [0.717, 1.165) is 37.4 Å². The largest absolute Gasteiger partial charge is 0.494 e. The highest BCUT2D eigenvalue weighted by atomic mass is 16.5. The monoisotopic (exact) mass is 394 g/mol. The molecule has 4 heteroatoms. The number of carbonyl (C=O) groups is 1. The molecule has 4 nitrogen and oxygen atoms in total. The molecule has 29 heavy (non-hydrogen) atoms. The van der Waals surface area contributed by atoms with E-state index in [9.17, 15) is 4.79 Å². The van der Waals surface area contributed by atoms with Gasteiger partial charge in [-0.2, -0.15) is 0 Å². The predicted molar refractivity (Wildman–Crippen MR) is 120 cm³/mol. The summed E-state index contributed by atoms with van der Waals surface area (Å²) in [5.41, 5.74) is 5.21. The zero-order valence-corrected chi connectivity index (χ0v) is 18.2. The van der Waals surface area contributed by atoms with Crippen LogP contribution in [0, 0.1) is 6.92 Å². The van der Waals surface area contributed by atoms with Gasteiger partial charge in [-0.05, 0) is 80.0 Å². The van der Waals surface area contributed by atoms with Crippen molar-refractivity contribution >= 4 is 11.6 Å². The quantitative estimate of drug-likeness (QED) is 0.687. The first-order valence-corrected chi connectivity index (χ1v) is 10.8. The van der Waals surface area contributed by atoms with Crippen LogP contribution >= 0.6 is 0 Å². The molecule has 1 saturated heterocycles. The molecule has 1 heterocycles. The van der Waals surface area contributed by atoms with Crippen LogP contribution in [0.1, 0.15) is 68.7 Å². The molecule has 1 aliphatic heterocycles. The van der Waals surface area contributed by atoms with Crippen molar-refractivity contribution < 1.29 is 9.53 Å². The first-order valence-electron chi connectivity index (χ1n) is 10.8. The molecule has 1 N–H and O–H groups in total.